The molecule has 138 valence electrons. The van der Waals surface area contributed by atoms with Crippen molar-refractivity contribution >= 4 is 40.7 Å². The van der Waals surface area contributed by atoms with Gasteiger partial charge in [-0.25, -0.2) is 0 Å². The molecule has 0 spiro atoms. The zero-order valence-electron chi connectivity index (χ0n) is 15.3. The molecule has 1 aliphatic carbocycles. The second-order valence-electron chi connectivity index (χ2n) is 6.84. The number of nitrogens with one attached hydrogen (secondary N) is 1. The van der Waals surface area contributed by atoms with Gasteiger partial charge in [-0.2, -0.15) is 0 Å². The van der Waals surface area contributed by atoms with E-state index in [0.29, 0.717) is 12.3 Å². The van der Waals surface area contributed by atoms with Crippen LogP contribution in [0.3, 0.4) is 0 Å². The summed E-state index contributed by atoms with van der Waals surface area (Å²) in [4.78, 5) is 6.66. The molecular weight excluding hydrogens is 425 g/mol. The van der Waals surface area contributed by atoms with Gasteiger partial charge in [0, 0.05) is 48.0 Å². The normalized spacial score (nSPS) is 16.7. The molecule has 1 saturated carbocycles. The molecule has 0 bridgehead atoms. The second-order valence-corrected chi connectivity index (χ2v) is 9.16. The summed E-state index contributed by atoms with van der Waals surface area (Å²) in [5.74, 6) is 2.27. The minimum absolute atomic E-state index is 0. The molecule has 1 rings (SSSR count). The Morgan fingerprint density at radius 3 is 2.57 bits per heavy atom. The maximum absolute atomic E-state index is 12.0. The third-order valence-corrected chi connectivity index (χ3v) is 5.46. The summed E-state index contributed by atoms with van der Waals surface area (Å²) in [6.45, 7) is 11.9. The van der Waals surface area contributed by atoms with Gasteiger partial charge in [-0.05, 0) is 46.5 Å². The number of guanidine groups is 1. The Labute approximate surface area is 161 Å². The molecule has 7 heteroatoms. The van der Waals surface area contributed by atoms with Crippen LogP contribution in [0.4, 0.5) is 0 Å². The highest BCUT2D eigenvalue weighted by atomic mass is 127. The first kappa shape index (κ1) is 23.1. The molecule has 0 aromatic carbocycles. The van der Waals surface area contributed by atoms with Crippen molar-refractivity contribution in [1.82, 2.24) is 10.2 Å². The molecule has 1 aliphatic rings. The molecule has 0 radical (unpaired) electrons. The van der Waals surface area contributed by atoms with Crippen LogP contribution in [-0.2, 0) is 15.5 Å². The van der Waals surface area contributed by atoms with Crippen molar-refractivity contribution < 1.29 is 8.95 Å². The Morgan fingerprint density at radius 2 is 2.04 bits per heavy atom. The van der Waals surface area contributed by atoms with Gasteiger partial charge in [-0.15, -0.1) is 24.0 Å². The van der Waals surface area contributed by atoms with E-state index < -0.39 is 10.8 Å². The Balaban J connectivity index is 0.00000484. The first-order chi connectivity index (χ1) is 10.3. The topological polar surface area (TPSA) is 53.9 Å². The molecule has 0 amide bonds. The zero-order valence-corrected chi connectivity index (χ0v) is 18.4. The van der Waals surface area contributed by atoms with Crippen LogP contribution in [0.25, 0.3) is 0 Å². The smallest absolute Gasteiger partial charge is 0.193 e. The fraction of sp³-hybridized carbons (Fsp3) is 0.938. The highest BCUT2D eigenvalue weighted by Gasteiger charge is 2.21. The first-order valence-corrected chi connectivity index (χ1v) is 9.62. The van der Waals surface area contributed by atoms with E-state index in [0.717, 1.165) is 38.2 Å². The van der Waals surface area contributed by atoms with Gasteiger partial charge >= 0.3 is 0 Å². The standard InChI is InChI=1S/C16H33N3O2S.HI/c1-6-17-15(18-9-12-22(20)16(2,3)4)19(5)10-11-21-13-14-7-8-14;/h14H,6-13H2,1-5H3,(H,17,18);1H. The lowest BCUT2D eigenvalue weighted by Gasteiger charge is -2.22. The summed E-state index contributed by atoms with van der Waals surface area (Å²) in [5, 5.41) is 3.28. The average Bonchev–Trinajstić information content (AvgIpc) is 3.25. The lowest BCUT2D eigenvalue weighted by atomic mass is 10.3. The fourth-order valence-corrected chi connectivity index (χ4v) is 2.72. The third-order valence-electron chi connectivity index (χ3n) is 3.54. The predicted molar refractivity (Wildman–Crippen MR) is 110 cm³/mol. The van der Waals surface area contributed by atoms with Crippen LogP contribution < -0.4 is 5.32 Å². The third kappa shape index (κ3) is 10.6. The molecule has 0 saturated heterocycles. The summed E-state index contributed by atoms with van der Waals surface area (Å²) in [6.07, 6.45) is 2.65. The van der Waals surface area contributed by atoms with Crippen molar-refractivity contribution in [3.8, 4) is 0 Å². The molecule has 1 atom stereocenters. The van der Waals surface area contributed by atoms with Crippen molar-refractivity contribution in [2.45, 2.75) is 45.3 Å². The lowest BCUT2D eigenvalue weighted by molar-refractivity contribution is 0.115. The second kappa shape index (κ2) is 11.6. The maximum Gasteiger partial charge on any atom is 0.193 e. The molecule has 23 heavy (non-hydrogen) atoms. The van der Waals surface area contributed by atoms with Gasteiger partial charge in [-0.3, -0.25) is 9.20 Å². The monoisotopic (exact) mass is 459 g/mol. The highest BCUT2D eigenvalue weighted by Crippen LogP contribution is 2.28. The van der Waals surface area contributed by atoms with E-state index in [9.17, 15) is 4.21 Å². The first-order valence-electron chi connectivity index (χ1n) is 8.30. The van der Waals surface area contributed by atoms with Crippen LogP contribution in [0.15, 0.2) is 4.99 Å². The van der Waals surface area contributed by atoms with E-state index in [1.165, 1.54) is 12.8 Å². The Bertz CT molecular complexity index is 382. The van der Waals surface area contributed by atoms with Crippen LogP contribution >= 0.6 is 24.0 Å². The van der Waals surface area contributed by atoms with Crippen molar-refractivity contribution in [3.63, 3.8) is 0 Å². The van der Waals surface area contributed by atoms with E-state index in [2.05, 4.69) is 22.1 Å². The van der Waals surface area contributed by atoms with Gasteiger partial charge in [0.1, 0.15) is 0 Å². The van der Waals surface area contributed by atoms with Gasteiger partial charge in [0.05, 0.1) is 13.2 Å². The van der Waals surface area contributed by atoms with E-state index in [-0.39, 0.29) is 28.7 Å². The summed E-state index contributed by atoms with van der Waals surface area (Å²) >= 11 is 0. The molecular formula is C16H34IN3O2S. The number of nitrogens with zero attached hydrogens (tertiary/aromatic N) is 2. The zero-order chi connectivity index (χ0) is 16.6. The van der Waals surface area contributed by atoms with E-state index in [1.807, 2.05) is 27.8 Å². The van der Waals surface area contributed by atoms with E-state index in [1.54, 1.807) is 0 Å². The van der Waals surface area contributed by atoms with E-state index in [4.69, 9.17) is 4.74 Å². The van der Waals surface area contributed by atoms with Gasteiger partial charge in [0.15, 0.2) is 5.96 Å². The van der Waals surface area contributed by atoms with Crippen molar-refractivity contribution in [1.29, 1.82) is 0 Å². The van der Waals surface area contributed by atoms with Gasteiger partial charge in [-0.1, -0.05) is 0 Å². The summed E-state index contributed by atoms with van der Waals surface area (Å²) < 4.78 is 17.5. The summed E-state index contributed by atoms with van der Waals surface area (Å²) in [6, 6.07) is 0. The summed E-state index contributed by atoms with van der Waals surface area (Å²) in [5.41, 5.74) is 0. The largest absolute Gasteiger partial charge is 0.379 e. The number of hydrogen-bond acceptors (Lipinski definition) is 3. The van der Waals surface area contributed by atoms with Crippen molar-refractivity contribution in [3.05, 3.63) is 0 Å². The molecule has 1 unspecified atom stereocenters. The number of halogens is 1. The van der Waals surface area contributed by atoms with Crippen molar-refractivity contribution in [2.75, 3.05) is 45.6 Å². The van der Waals surface area contributed by atoms with Crippen LogP contribution in [0.2, 0.25) is 0 Å². The molecule has 0 aliphatic heterocycles. The number of rotatable bonds is 9. The molecule has 0 aromatic rings. The Morgan fingerprint density at radius 1 is 1.39 bits per heavy atom. The van der Waals surface area contributed by atoms with Gasteiger partial charge in [0.25, 0.3) is 0 Å². The molecule has 1 fully saturated rings. The lowest BCUT2D eigenvalue weighted by Crippen LogP contribution is -2.41. The highest BCUT2D eigenvalue weighted by molar-refractivity contribution is 14.0. The minimum Gasteiger partial charge on any atom is -0.379 e. The molecule has 0 aromatic heterocycles. The maximum atomic E-state index is 12.0. The average molecular weight is 459 g/mol. The predicted octanol–water partition coefficient (Wildman–Crippen LogP) is 2.48. The SMILES string of the molecule is CCNC(=NCCS(=O)C(C)(C)C)N(C)CCOCC1CC1.I. The number of hydrogen-bond donors (Lipinski definition) is 1. The van der Waals surface area contributed by atoms with Crippen LogP contribution in [0.5, 0.6) is 0 Å². The van der Waals surface area contributed by atoms with E-state index >= 15 is 0 Å². The Hall–Kier alpha value is 0.110. The number of aliphatic imine (C=N–C) groups is 1. The van der Waals surface area contributed by atoms with Gasteiger partial charge < -0.3 is 15.0 Å². The number of likely N-dealkylation sites (N-methyl/N-ethyl adjacent to an activating group) is 1. The quantitative estimate of drug-likeness (QED) is 0.249. The molecule has 1 N–H and O–H groups in total. The summed E-state index contributed by atoms with van der Waals surface area (Å²) in [7, 11) is 1.16. The Kier molecular flexibility index (Phi) is 11.7. The molecule has 0 heterocycles. The van der Waals surface area contributed by atoms with Crippen LogP contribution in [-0.4, -0.2) is 65.5 Å². The van der Waals surface area contributed by atoms with Crippen molar-refractivity contribution in [2.24, 2.45) is 10.9 Å². The van der Waals surface area contributed by atoms with Crippen LogP contribution in [0.1, 0.15) is 40.5 Å². The number of ether oxygens (including phenoxy) is 1. The molecule has 5 nitrogen and oxygen atoms in total. The van der Waals surface area contributed by atoms with Gasteiger partial charge in [0.2, 0.25) is 0 Å². The van der Waals surface area contributed by atoms with Crippen LogP contribution in [0, 0.1) is 5.92 Å². The minimum atomic E-state index is -0.854. The fourth-order valence-electron chi connectivity index (χ4n) is 1.85.